The van der Waals surface area contributed by atoms with Crippen LogP contribution in [0.25, 0.3) is 0 Å². The lowest BCUT2D eigenvalue weighted by Gasteiger charge is -2.37. The summed E-state index contributed by atoms with van der Waals surface area (Å²) in [5.41, 5.74) is 0. The van der Waals surface area contributed by atoms with Gasteiger partial charge in [-0.05, 0) is 19.8 Å². The summed E-state index contributed by atoms with van der Waals surface area (Å²) in [6.45, 7) is 14.2. The first-order valence-corrected chi connectivity index (χ1v) is 6.83. The smallest absolute Gasteiger partial charge is 0.243 e. The summed E-state index contributed by atoms with van der Waals surface area (Å²) in [6, 6.07) is 0.229. The largest absolute Gasteiger partial charge is 0.338 e. The van der Waals surface area contributed by atoms with Crippen LogP contribution in [-0.4, -0.2) is 52.7 Å². The molecule has 0 bridgehead atoms. The van der Waals surface area contributed by atoms with Crippen LogP contribution in [0.5, 0.6) is 0 Å². The Balaban J connectivity index is 1.86. The van der Waals surface area contributed by atoms with Crippen LogP contribution in [0, 0.1) is 12.8 Å². The van der Waals surface area contributed by atoms with Gasteiger partial charge in [0.15, 0.2) is 5.82 Å². The summed E-state index contributed by atoms with van der Waals surface area (Å²) in [5, 5.41) is 3.86. The maximum atomic E-state index is 5.25. The molecule has 1 unspecified atom stereocenters. The highest BCUT2D eigenvalue weighted by Gasteiger charge is 2.25. The highest BCUT2D eigenvalue weighted by atomic mass is 16.5. The van der Waals surface area contributed by atoms with Crippen molar-refractivity contribution in [2.24, 2.45) is 5.92 Å². The second-order valence-electron chi connectivity index (χ2n) is 5.59. The molecule has 0 spiro atoms. The van der Waals surface area contributed by atoms with Gasteiger partial charge in [0, 0.05) is 32.7 Å². The van der Waals surface area contributed by atoms with E-state index in [0.717, 1.165) is 43.8 Å². The lowest BCUT2D eigenvalue weighted by Crippen LogP contribution is -2.48. The minimum Gasteiger partial charge on any atom is -0.338 e. The summed E-state index contributed by atoms with van der Waals surface area (Å²) in [5.74, 6) is 2.20. The van der Waals surface area contributed by atoms with E-state index in [0.29, 0.717) is 0 Å². The van der Waals surface area contributed by atoms with E-state index in [1.165, 1.54) is 6.54 Å². The Labute approximate surface area is 109 Å². The van der Waals surface area contributed by atoms with Crippen molar-refractivity contribution in [3.05, 3.63) is 11.7 Å². The maximum absolute atomic E-state index is 5.25. The van der Waals surface area contributed by atoms with Gasteiger partial charge in [0.2, 0.25) is 5.89 Å². The molecule has 1 aliphatic heterocycles. The van der Waals surface area contributed by atoms with Crippen LogP contribution in [0.2, 0.25) is 0 Å². The van der Waals surface area contributed by atoms with Crippen LogP contribution in [-0.2, 0) is 0 Å². The Morgan fingerprint density at radius 2 is 1.83 bits per heavy atom. The fraction of sp³-hybridized carbons (Fsp3) is 0.846. The predicted octanol–water partition coefficient (Wildman–Crippen LogP) is 1.71. The molecule has 0 aliphatic carbocycles. The first-order chi connectivity index (χ1) is 8.56. The third-order valence-corrected chi connectivity index (χ3v) is 3.48. The fourth-order valence-electron chi connectivity index (χ4n) is 2.49. The number of hydrogen-bond acceptors (Lipinski definition) is 5. The molecule has 0 aromatic carbocycles. The molecule has 1 aliphatic rings. The lowest BCUT2D eigenvalue weighted by atomic mass is 10.1. The van der Waals surface area contributed by atoms with Crippen LogP contribution in [0.1, 0.15) is 38.5 Å². The Hall–Kier alpha value is -0.940. The van der Waals surface area contributed by atoms with Crippen molar-refractivity contribution in [1.82, 2.24) is 19.9 Å². The van der Waals surface area contributed by atoms with Crippen molar-refractivity contribution in [2.75, 3.05) is 32.7 Å². The average molecular weight is 252 g/mol. The van der Waals surface area contributed by atoms with E-state index in [1.54, 1.807) is 0 Å². The highest BCUT2D eigenvalue weighted by Crippen LogP contribution is 2.20. The van der Waals surface area contributed by atoms with Crippen LogP contribution >= 0.6 is 0 Å². The lowest BCUT2D eigenvalue weighted by molar-refractivity contribution is 0.0821. The van der Waals surface area contributed by atoms with Gasteiger partial charge in [-0.25, -0.2) is 0 Å². The SMILES string of the molecule is Cc1noc(C(C)N2CCN(CC(C)C)CC2)n1. The Bertz CT molecular complexity index is 369. The maximum Gasteiger partial charge on any atom is 0.243 e. The third kappa shape index (κ3) is 3.29. The van der Waals surface area contributed by atoms with Gasteiger partial charge in [0.25, 0.3) is 0 Å². The predicted molar refractivity (Wildman–Crippen MR) is 70.3 cm³/mol. The molecule has 0 saturated carbocycles. The molecular weight excluding hydrogens is 228 g/mol. The van der Waals surface area contributed by atoms with Gasteiger partial charge in [0.1, 0.15) is 0 Å². The third-order valence-electron chi connectivity index (χ3n) is 3.48. The van der Waals surface area contributed by atoms with E-state index < -0.39 is 0 Å². The van der Waals surface area contributed by atoms with E-state index in [1.807, 2.05) is 6.92 Å². The molecule has 0 N–H and O–H groups in total. The fourth-order valence-corrected chi connectivity index (χ4v) is 2.49. The van der Waals surface area contributed by atoms with E-state index in [-0.39, 0.29) is 6.04 Å². The first-order valence-electron chi connectivity index (χ1n) is 6.83. The first kappa shape index (κ1) is 13.5. The summed E-state index contributed by atoms with van der Waals surface area (Å²) in [6.07, 6.45) is 0. The summed E-state index contributed by atoms with van der Waals surface area (Å²) in [7, 11) is 0. The number of aryl methyl sites for hydroxylation is 1. The second-order valence-corrected chi connectivity index (χ2v) is 5.59. The Kier molecular flexibility index (Phi) is 4.35. The van der Waals surface area contributed by atoms with Crippen molar-refractivity contribution in [2.45, 2.75) is 33.7 Å². The van der Waals surface area contributed by atoms with Crippen LogP contribution in [0.4, 0.5) is 0 Å². The normalized spacial score (nSPS) is 20.5. The van der Waals surface area contributed by atoms with Crippen molar-refractivity contribution < 1.29 is 4.52 Å². The number of rotatable bonds is 4. The standard InChI is InChI=1S/C13H24N4O/c1-10(2)9-16-5-7-17(8-6-16)11(3)13-14-12(4)15-18-13/h10-11H,5-9H2,1-4H3. The van der Waals surface area contributed by atoms with Gasteiger partial charge in [-0.15, -0.1) is 0 Å². The van der Waals surface area contributed by atoms with Gasteiger partial charge in [-0.3, -0.25) is 4.90 Å². The second kappa shape index (κ2) is 5.80. The summed E-state index contributed by atoms with van der Waals surface area (Å²) >= 11 is 0. The molecule has 1 aromatic heterocycles. The monoisotopic (exact) mass is 252 g/mol. The minimum absolute atomic E-state index is 0.229. The number of nitrogens with zero attached hydrogens (tertiary/aromatic N) is 4. The van der Waals surface area contributed by atoms with Gasteiger partial charge >= 0.3 is 0 Å². The zero-order valence-corrected chi connectivity index (χ0v) is 11.9. The number of hydrogen-bond donors (Lipinski definition) is 0. The summed E-state index contributed by atoms with van der Waals surface area (Å²) in [4.78, 5) is 9.28. The van der Waals surface area contributed by atoms with E-state index in [2.05, 4.69) is 40.7 Å². The molecule has 1 fully saturated rings. The molecular formula is C13H24N4O. The molecule has 2 heterocycles. The molecule has 5 heteroatoms. The zero-order valence-electron chi connectivity index (χ0n) is 11.9. The minimum atomic E-state index is 0.229. The van der Waals surface area contributed by atoms with Crippen molar-refractivity contribution in [1.29, 1.82) is 0 Å². The number of aromatic nitrogens is 2. The van der Waals surface area contributed by atoms with Gasteiger partial charge in [0.05, 0.1) is 6.04 Å². The van der Waals surface area contributed by atoms with E-state index >= 15 is 0 Å². The molecule has 18 heavy (non-hydrogen) atoms. The highest BCUT2D eigenvalue weighted by molar-refractivity contribution is 4.91. The molecule has 5 nitrogen and oxygen atoms in total. The van der Waals surface area contributed by atoms with Crippen molar-refractivity contribution >= 4 is 0 Å². The Morgan fingerprint density at radius 3 is 2.33 bits per heavy atom. The molecule has 0 amide bonds. The van der Waals surface area contributed by atoms with Gasteiger partial charge in [-0.2, -0.15) is 4.98 Å². The average Bonchev–Trinajstić information content (AvgIpc) is 2.75. The van der Waals surface area contributed by atoms with Crippen molar-refractivity contribution in [3.63, 3.8) is 0 Å². The Morgan fingerprint density at radius 1 is 1.17 bits per heavy atom. The van der Waals surface area contributed by atoms with Crippen LogP contribution < -0.4 is 0 Å². The van der Waals surface area contributed by atoms with E-state index in [4.69, 9.17) is 4.52 Å². The van der Waals surface area contributed by atoms with Crippen LogP contribution in [0.3, 0.4) is 0 Å². The topological polar surface area (TPSA) is 45.4 Å². The molecule has 102 valence electrons. The van der Waals surface area contributed by atoms with Gasteiger partial charge in [-0.1, -0.05) is 19.0 Å². The molecule has 2 rings (SSSR count). The van der Waals surface area contributed by atoms with Crippen molar-refractivity contribution in [3.8, 4) is 0 Å². The van der Waals surface area contributed by atoms with Crippen LogP contribution in [0.15, 0.2) is 4.52 Å². The molecule has 0 radical (unpaired) electrons. The molecule has 1 aromatic rings. The quantitative estimate of drug-likeness (QED) is 0.816. The van der Waals surface area contributed by atoms with E-state index in [9.17, 15) is 0 Å². The molecule has 1 saturated heterocycles. The van der Waals surface area contributed by atoms with Gasteiger partial charge < -0.3 is 9.42 Å². The zero-order chi connectivity index (χ0) is 13.1. The number of piperazine rings is 1. The summed E-state index contributed by atoms with van der Waals surface area (Å²) < 4.78 is 5.25. The molecule has 1 atom stereocenters.